The maximum absolute atomic E-state index is 9.69. The maximum atomic E-state index is 9.69. The Hall–Kier alpha value is -16.2. The number of hydrogen-bond acceptors (Lipinski definition) is 4. The molecule has 0 N–H and O–H groups in total. The molecule has 0 fully saturated rings. The molecule has 0 saturated heterocycles. The number of aromatic nitrogens is 8. The van der Waals surface area contributed by atoms with Gasteiger partial charge in [0.25, 0.3) is 12.7 Å². The molecule has 24 aromatic rings. The smallest absolute Gasteiger partial charge is 0.268 e. The van der Waals surface area contributed by atoms with Gasteiger partial charge in [0, 0.05) is 88.6 Å². The molecule has 638 valence electrons. The van der Waals surface area contributed by atoms with E-state index in [0.29, 0.717) is 34.1 Å². The Labute approximate surface area is 827 Å². The van der Waals surface area contributed by atoms with Gasteiger partial charge in [-0.25, -0.2) is 9.97 Å². The third-order valence-corrected chi connectivity index (χ3v) is 22.9. The number of ether oxygens (including phenoxy) is 2. The van der Waals surface area contributed by atoms with Crippen molar-refractivity contribution in [1.82, 2.24) is 28.2 Å². The van der Waals surface area contributed by atoms with Gasteiger partial charge in [-0.3, -0.25) is 9.13 Å². The van der Waals surface area contributed by atoms with Crippen molar-refractivity contribution >= 4 is 65.7 Å². The SMILES string of the molecule is [2H]c1c([2H])c([2H])c(-c2c([2H])c([2H])c(-c3c([2H])c([2H])c([2H])c(-c4c([2H])c([2H])c(-c5c([2H])c([2H])c(C)c([2H])c5[2H])c([2H])c4[2H])c3-[n+]3[c-]n(-c4[c-]c(Oc5[c-]c6c(cc5)c5ccccc5n6-c5ccccn5)ccc4)c4ccccc43)c([2H])c2[2H])c([2H])c1[2H].[Pt].[Pt].[c-]1c(Oc2[c-]c3c(cc2)c2ccccc2n3-c2ccccn2)cccc1-n1[c-][n+](-c2c(-c3ccc(-c4ccccc4)cc3)cccc2-c2ccc(-c3ccccc3)cc2)c2ccccc21. The van der Waals surface area contributed by atoms with Gasteiger partial charge in [0.1, 0.15) is 11.6 Å². The zero-order chi connectivity index (χ0) is 104. The van der Waals surface area contributed by atoms with Crippen molar-refractivity contribution in [2.75, 3.05) is 0 Å². The molecule has 10 nitrogen and oxygen atoms in total. The number of imidazole rings is 2. The Balaban J connectivity index is 0.000000182. The molecule has 0 atom stereocenters. The zero-order valence-electron chi connectivity index (χ0n) is 90.3. The average molecular weight is 2090 g/mol. The van der Waals surface area contributed by atoms with Gasteiger partial charge in [-0.1, -0.05) is 362 Å². The standard InChI is InChI=1S/C61H40N4O.C60H38N4O.2Pt/c1-42-24-26-44(27-25-42)46-30-34-48(35-31-46)53-19-12-18-52(47-32-28-45(29-33-47)43-13-3-2-4-14-43)61(53)64-41-63(57-21-7-8-22-58(57)64)49-15-11-16-50(39-49)66-51-36-37-55-54-17-5-6-20-56(54)65(59(55)40-51)60-23-9-10-38-62-60;1-3-15-42(16-4-1)44-28-32-46(33-29-44)51-22-14-23-52(47-34-30-45(31-35-47)43-17-5-2-6-18-43)60(51)63-41-62(56-25-9-10-26-57(56)63)48-19-13-20-49(39-48)65-50-36-37-54-53-21-7-8-24-55(53)64(58(54)40-50)59-27-11-12-38-61-59;;/h2-38H,1H3;1-38H;;/q2*-2;;/i2D,3D,4D,12D,13D,14D,18D,19D,24D,25D,26D,27D,28D,29D,30D,31D,32D,33D,34D,35D;;;. The van der Waals surface area contributed by atoms with Crippen molar-refractivity contribution in [2.45, 2.75) is 6.92 Å². The first-order chi connectivity index (χ1) is 73.2. The second-order valence-electron chi connectivity index (χ2n) is 30.8. The molecule has 12 heteroatoms. The minimum atomic E-state index is -0.943. The van der Waals surface area contributed by atoms with Crippen LogP contribution in [0.4, 0.5) is 0 Å². The number of hydrogen-bond donors (Lipinski definition) is 0. The van der Waals surface area contributed by atoms with Crippen LogP contribution in [0.25, 0.3) is 189 Å². The van der Waals surface area contributed by atoms with E-state index in [1.165, 1.54) is 38.3 Å². The van der Waals surface area contributed by atoms with E-state index in [-0.39, 0.29) is 64.6 Å². The zero-order valence-corrected chi connectivity index (χ0v) is 74.8. The first-order valence-electron chi connectivity index (χ1n) is 52.2. The quantitative estimate of drug-likeness (QED) is 0.0634. The van der Waals surface area contributed by atoms with Gasteiger partial charge in [0.05, 0.1) is 60.9 Å². The van der Waals surface area contributed by atoms with Crippen molar-refractivity contribution < 1.29 is 88.2 Å². The van der Waals surface area contributed by atoms with Crippen LogP contribution in [0.3, 0.4) is 0 Å². The first-order valence-corrected chi connectivity index (χ1v) is 42.2. The third-order valence-electron chi connectivity index (χ3n) is 22.9. The average Bonchev–Trinajstić information content (AvgIpc) is 1.69. The molecule has 6 heterocycles. The van der Waals surface area contributed by atoms with Crippen LogP contribution < -0.4 is 18.6 Å². The van der Waals surface area contributed by atoms with Crippen LogP contribution in [-0.2, 0) is 42.1 Å². The monoisotopic (exact) mass is 2080 g/mol. The summed E-state index contributed by atoms with van der Waals surface area (Å²) in [5, 5.41) is 4.06. The van der Waals surface area contributed by atoms with E-state index in [9.17, 15) is 15.1 Å². The number of nitrogens with zero attached hydrogens (tertiary/aromatic N) is 8. The Morgan fingerprint density at radius 1 is 0.263 bits per heavy atom. The summed E-state index contributed by atoms with van der Waals surface area (Å²) in [5.74, 6) is 3.12. The summed E-state index contributed by atoms with van der Waals surface area (Å²) in [6.07, 6.45) is 10.5. The third kappa shape index (κ3) is 16.2. The molecule has 0 bridgehead atoms. The van der Waals surface area contributed by atoms with Crippen LogP contribution in [0, 0.1) is 43.8 Å². The predicted molar refractivity (Wildman–Crippen MR) is 528 cm³/mol. The topological polar surface area (TPSA) is 71.7 Å². The fourth-order valence-electron chi connectivity index (χ4n) is 16.8. The number of fused-ring (bicyclic) bond motifs is 8. The normalized spacial score (nSPS) is 13.3. The van der Waals surface area contributed by atoms with E-state index in [1.807, 2.05) is 102 Å². The van der Waals surface area contributed by atoms with Crippen LogP contribution in [0.2, 0.25) is 0 Å². The van der Waals surface area contributed by atoms with Crippen LogP contribution in [-0.4, -0.2) is 28.2 Å². The second kappa shape index (κ2) is 36.7. The van der Waals surface area contributed by atoms with E-state index >= 15 is 0 Å². The van der Waals surface area contributed by atoms with E-state index < -0.39 is 171 Å². The summed E-state index contributed by atoms with van der Waals surface area (Å²) in [5.41, 5.74) is 11.5. The van der Waals surface area contributed by atoms with E-state index in [0.717, 1.165) is 88.6 Å². The minimum Gasteiger partial charge on any atom is -0.510 e. The van der Waals surface area contributed by atoms with Crippen LogP contribution in [0.1, 0.15) is 33.0 Å². The number of rotatable bonds is 18. The fourth-order valence-corrected chi connectivity index (χ4v) is 16.8. The second-order valence-corrected chi connectivity index (χ2v) is 30.8. The maximum Gasteiger partial charge on any atom is 0.268 e. The largest absolute Gasteiger partial charge is 0.510 e. The van der Waals surface area contributed by atoms with Crippen LogP contribution in [0.5, 0.6) is 23.0 Å². The first kappa shape index (κ1) is 63.7. The van der Waals surface area contributed by atoms with Crippen molar-refractivity contribution in [3.8, 4) is 146 Å². The Morgan fingerprint density at radius 3 is 1.07 bits per heavy atom. The summed E-state index contributed by atoms with van der Waals surface area (Å²) in [6, 6.07) is 104. The van der Waals surface area contributed by atoms with E-state index in [2.05, 4.69) is 238 Å². The minimum absolute atomic E-state index is 0. The van der Waals surface area contributed by atoms with Gasteiger partial charge >= 0.3 is 0 Å². The van der Waals surface area contributed by atoms with Gasteiger partial charge in [0.2, 0.25) is 0 Å². The van der Waals surface area contributed by atoms with E-state index in [1.54, 1.807) is 54.7 Å². The fraction of sp³-hybridized carbons (Fsp3) is 0.00826. The summed E-state index contributed by atoms with van der Waals surface area (Å²) >= 11 is 0. The van der Waals surface area contributed by atoms with Crippen molar-refractivity contribution in [3.63, 3.8) is 0 Å². The molecule has 0 radical (unpaired) electrons. The molecule has 0 aliphatic carbocycles. The Morgan fingerprint density at radius 2 is 0.624 bits per heavy atom. The van der Waals surface area contributed by atoms with Gasteiger partial charge in [-0.05, 0) is 154 Å². The van der Waals surface area contributed by atoms with Gasteiger partial charge in [-0.2, -0.15) is 36.4 Å². The Kier molecular flexibility index (Phi) is 17.6. The molecular weight excluding hydrogens is 1990 g/mol. The molecule has 18 aromatic carbocycles. The predicted octanol–water partition coefficient (Wildman–Crippen LogP) is 28.8. The molecule has 24 rings (SSSR count). The summed E-state index contributed by atoms with van der Waals surface area (Å²) < 4.78 is 206. The van der Waals surface area contributed by atoms with E-state index in [4.69, 9.17) is 26.8 Å². The molecule has 0 saturated carbocycles. The summed E-state index contributed by atoms with van der Waals surface area (Å²) in [7, 11) is 0. The summed E-state index contributed by atoms with van der Waals surface area (Å²) in [6.45, 7) is 1.35. The van der Waals surface area contributed by atoms with Gasteiger partial charge < -0.3 is 27.7 Å². The molecule has 6 aromatic heterocycles. The molecule has 133 heavy (non-hydrogen) atoms. The number of pyridine rings is 2. The molecule has 0 unspecified atom stereocenters. The molecule has 0 spiro atoms. The number of benzene rings is 18. The summed E-state index contributed by atoms with van der Waals surface area (Å²) in [4.78, 5) is 9.30. The van der Waals surface area contributed by atoms with Crippen LogP contribution in [0.15, 0.2) is 455 Å². The molecule has 0 aliphatic heterocycles. The van der Waals surface area contributed by atoms with Crippen LogP contribution >= 0.6 is 0 Å². The van der Waals surface area contributed by atoms with Gasteiger partial charge in [0.15, 0.2) is 0 Å². The molecule has 0 amide bonds. The number of para-hydroxylation sites is 8. The Bertz CT molecular complexity index is 9340. The van der Waals surface area contributed by atoms with Crippen molar-refractivity contribution in [1.29, 1.82) is 0 Å². The molecule has 0 aliphatic rings. The van der Waals surface area contributed by atoms with Crippen molar-refractivity contribution in [2.24, 2.45) is 0 Å². The van der Waals surface area contributed by atoms with Crippen molar-refractivity contribution in [3.05, 3.63) is 497 Å². The molecular formula is C121H78N8O2Pt2-4. The van der Waals surface area contributed by atoms with Gasteiger partial charge in [-0.15, -0.1) is 59.3 Å².